The summed E-state index contributed by atoms with van der Waals surface area (Å²) in [6.07, 6.45) is 3.68. The fourth-order valence-electron chi connectivity index (χ4n) is 3.05. The van der Waals surface area contributed by atoms with E-state index in [4.69, 9.17) is 4.74 Å². The fourth-order valence-corrected chi connectivity index (χ4v) is 3.63. The third-order valence-corrected chi connectivity index (χ3v) is 5.27. The molecule has 0 spiro atoms. The van der Waals surface area contributed by atoms with E-state index < -0.39 is 4.92 Å². The van der Waals surface area contributed by atoms with Gasteiger partial charge in [-0.1, -0.05) is 6.92 Å². The first-order valence-electron chi connectivity index (χ1n) is 8.42. The van der Waals surface area contributed by atoms with Crippen molar-refractivity contribution < 1.29 is 14.5 Å². The largest absolute Gasteiger partial charge is 0.495 e. The zero-order valence-corrected chi connectivity index (χ0v) is 17.0. The first-order chi connectivity index (χ1) is 12.0. The lowest BCUT2D eigenvalue weighted by Gasteiger charge is -2.32. The van der Waals surface area contributed by atoms with Crippen molar-refractivity contribution in [2.75, 3.05) is 39.5 Å². The van der Waals surface area contributed by atoms with Gasteiger partial charge in [-0.3, -0.25) is 14.9 Å². The number of methoxy groups -OCH3 is 1. The number of nitrogens with one attached hydrogen (secondary N) is 1. The van der Waals surface area contributed by atoms with Crippen LogP contribution in [0.3, 0.4) is 0 Å². The molecule has 1 N–H and O–H groups in total. The summed E-state index contributed by atoms with van der Waals surface area (Å²) in [7, 11) is 1.47. The molecule has 0 unspecified atom stereocenters. The number of nitro groups is 1. The lowest BCUT2D eigenvalue weighted by atomic mass is 9.96. The Bertz CT molecular complexity index is 637. The Balaban J connectivity index is 0.00000338. The van der Waals surface area contributed by atoms with Gasteiger partial charge in [0, 0.05) is 13.1 Å². The molecule has 0 saturated carbocycles. The third kappa shape index (κ3) is 5.25. The van der Waals surface area contributed by atoms with Crippen molar-refractivity contribution in [3.05, 3.63) is 27.8 Å². The van der Waals surface area contributed by atoms with Crippen molar-refractivity contribution in [3.8, 4) is 5.75 Å². The highest BCUT2D eigenvalue weighted by Crippen LogP contribution is 2.35. The number of rotatable bonds is 7. The second-order valence-corrected chi connectivity index (χ2v) is 6.87. The van der Waals surface area contributed by atoms with Crippen LogP contribution in [0.15, 0.2) is 17.0 Å². The Labute approximate surface area is 164 Å². The van der Waals surface area contributed by atoms with E-state index in [-0.39, 0.29) is 29.6 Å². The molecule has 7 nitrogen and oxygen atoms in total. The Morgan fingerprint density at radius 2 is 2.08 bits per heavy atom. The van der Waals surface area contributed by atoms with E-state index in [1.165, 1.54) is 24.9 Å². The van der Waals surface area contributed by atoms with Gasteiger partial charge in [-0.2, -0.15) is 0 Å². The van der Waals surface area contributed by atoms with Crippen molar-refractivity contribution in [1.29, 1.82) is 0 Å². The number of carbonyl (C=O) groups is 1. The van der Waals surface area contributed by atoms with Crippen molar-refractivity contribution in [2.24, 2.45) is 5.92 Å². The molecule has 1 aliphatic rings. The minimum Gasteiger partial charge on any atom is -0.495 e. The normalized spacial score (nSPS) is 14.7. The van der Waals surface area contributed by atoms with Gasteiger partial charge in [-0.25, -0.2) is 0 Å². The van der Waals surface area contributed by atoms with Gasteiger partial charge in [0.25, 0.3) is 11.6 Å². The Hall–Kier alpha value is -1.51. The van der Waals surface area contributed by atoms with Crippen LogP contribution in [0.5, 0.6) is 5.75 Å². The van der Waals surface area contributed by atoms with Crippen LogP contribution >= 0.6 is 24.2 Å². The number of ether oxygens (including phenoxy) is 1. The summed E-state index contributed by atoms with van der Waals surface area (Å²) < 4.78 is 5.20. The molecular formula is C17H26ClN3O4S. The molecule has 2 rings (SSSR count). The van der Waals surface area contributed by atoms with Gasteiger partial charge >= 0.3 is 0 Å². The van der Waals surface area contributed by atoms with Gasteiger partial charge < -0.3 is 15.0 Å². The highest BCUT2D eigenvalue weighted by Gasteiger charge is 2.29. The smallest absolute Gasteiger partial charge is 0.285 e. The first-order valence-corrected chi connectivity index (χ1v) is 9.64. The molecule has 146 valence electrons. The van der Waals surface area contributed by atoms with Crippen LogP contribution in [0.4, 0.5) is 5.69 Å². The molecular weight excluding hydrogens is 378 g/mol. The summed E-state index contributed by atoms with van der Waals surface area (Å²) in [5.74, 6) is 0.697. The quantitative estimate of drug-likeness (QED) is 0.427. The van der Waals surface area contributed by atoms with Crippen molar-refractivity contribution in [3.63, 3.8) is 0 Å². The van der Waals surface area contributed by atoms with Gasteiger partial charge in [0.1, 0.15) is 11.3 Å². The van der Waals surface area contributed by atoms with Gasteiger partial charge in [-0.05, 0) is 44.2 Å². The van der Waals surface area contributed by atoms with Crippen LogP contribution in [0.25, 0.3) is 0 Å². The van der Waals surface area contributed by atoms with E-state index in [0.717, 1.165) is 30.8 Å². The molecule has 1 saturated heterocycles. The summed E-state index contributed by atoms with van der Waals surface area (Å²) >= 11 is 1.40. The number of amides is 1. The van der Waals surface area contributed by atoms with E-state index in [1.54, 1.807) is 11.0 Å². The number of halogens is 1. The van der Waals surface area contributed by atoms with Crippen LogP contribution in [0.1, 0.15) is 30.1 Å². The number of hydrogen-bond donors (Lipinski definition) is 1. The molecule has 1 aromatic rings. The van der Waals surface area contributed by atoms with Crippen molar-refractivity contribution >= 4 is 35.8 Å². The van der Waals surface area contributed by atoms with E-state index >= 15 is 0 Å². The topological polar surface area (TPSA) is 84.7 Å². The number of thioether (sulfide) groups is 1. The molecule has 0 bridgehead atoms. The maximum absolute atomic E-state index is 12.9. The predicted molar refractivity (Wildman–Crippen MR) is 106 cm³/mol. The summed E-state index contributed by atoms with van der Waals surface area (Å²) in [6, 6.07) is 2.92. The zero-order valence-electron chi connectivity index (χ0n) is 15.3. The number of carbonyl (C=O) groups excluding carboxylic acids is 1. The van der Waals surface area contributed by atoms with Gasteiger partial charge in [0.15, 0.2) is 0 Å². The molecule has 0 aromatic heterocycles. The molecule has 26 heavy (non-hydrogen) atoms. The highest BCUT2D eigenvalue weighted by molar-refractivity contribution is 7.98. The average molecular weight is 404 g/mol. The number of nitro benzene ring substituents is 1. The number of benzene rings is 1. The predicted octanol–water partition coefficient (Wildman–Crippen LogP) is 3.21. The first kappa shape index (κ1) is 22.5. The van der Waals surface area contributed by atoms with Crippen LogP contribution in [0.2, 0.25) is 0 Å². The molecule has 1 heterocycles. The minimum absolute atomic E-state index is 0. The standard InChI is InChI=1S/C17H25N3O4S.ClH/c1-4-18-11-12-5-7-19(8-6-12)17(21)13-9-16(25-3)15(24-2)10-14(13)20(22)23;/h9-10,12,18H,4-8,11H2,1-3H3;1H. The van der Waals surface area contributed by atoms with Crippen molar-refractivity contribution in [2.45, 2.75) is 24.7 Å². The van der Waals surface area contributed by atoms with Crippen LogP contribution < -0.4 is 10.1 Å². The maximum atomic E-state index is 12.9. The fraction of sp³-hybridized carbons (Fsp3) is 0.588. The lowest BCUT2D eigenvalue weighted by molar-refractivity contribution is -0.385. The van der Waals surface area contributed by atoms with Gasteiger partial charge in [0.05, 0.1) is 23.0 Å². The van der Waals surface area contributed by atoms with E-state index in [9.17, 15) is 14.9 Å². The van der Waals surface area contributed by atoms with Gasteiger partial charge in [0.2, 0.25) is 0 Å². The Morgan fingerprint density at radius 3 is 2.58 bits per heavy atom. The SMILES string of the molecule is CCNCC1CCN(C(=O)c2cc(SC)c(OC)cc2[N+](=O)[O-])CC1.Cl. The monoisotopic (exact) mass is 403 g/mol. The Kier molecular flexibility index (Phi) is 9.18. The summed E-state index contributed by atoms with van der Waals surface area (Å²) in [4.78, 5) is 26.2. The average Bonchev–Trinajstić information content (AvgIpc) is 2.64. The molecule has 1 fully saturated rings. The Morgan fingerprint density at radius 1 is 1.42 bits per heavy atom. The molecule has 0 atom stereocenters. The second-order valence-electron chi connectivity index (χ2n) is 6.02. The van der Waals surface area contributed by atoms with Crippen LogP contribution in [-0.4, -0.2) is 55.3 Å². The van der Waals surface area contributed by atoms with E-state index in [2.05, 4.69) is 12.2 Å². The molecule has 1 aromatic carbocycles. The number of hydrogen-bond acceptors (Lipinski definition) is 6. The number of likely N-dealkylation sites (tertiary alicyclic amines) is 1. The number of nitrogens with zero attached hydrogens (tertiary/aromatic N) is 2. The lowest BCUT2D eigenvalue weighted by Crippen LogP contribution is -2.41. The van der Waals surface area contributed by atoms with E-state index in [0.29, 0.717) is 24.8 Å². The molecule has 0 radical (unpaired) electrons. The second kappa shape index (κ2) is 10.6. The van der Waals surface area contributed by atoms with Crippen molar-refractivity contribution in [1.82, 2.24) is 10.2 Å². The molecule has 9 heteroatoms. The van der Waals surface area contributed by atoms with Crippen LogP contribution in [-0.2, 0) is 0 Å². The summed E-state index contributed by atoms with van der Waals surface area (Å²) in [5, 5.41) is 14.7. The minimum atomic E-state index is -0.516. The third-order valence-electron chi connectivity index (χ3n) is 4.51. The molecule has 1 amide bonds. The van der Waals surface area contributed by atoms with E-state index in [1.807, 2.05) is 6.26 Å². The zero-order chi connectivity index (χ0) is 18.4. The number of piperidine rings is 1. The van der Waals surface area contributed by atoms with Crippen LogP contribution in [0, 0.1) is 16.0 Å². The van der Waals surface area contributed by atoms with Gasteiger partial charge in [-0.15, -0.1) is 24.2 Å². The molecule has 1 aliphatic heterocycles. The summed E-state index contributed by atoms with van der Waals surface area (Å²) in [5.41, 5.74) is -0.0605. The summed E-state index contributed by atoms with van der Waals surface area (Å²) in [6.45, 7) is 5.23. The highest BCUT2D eigenvalue weighted by atomic mass is 35.5. The maximum Gasteiger partial charge on any atom is 0.285 e. The molecule has 0 aliphatic carbocycles.